The van der Waals surface area contributed by atoms with Crippen LogP contribution in [0.25, 0.3) is 0 Å². The highest BCUT2D eigenvalue weighted by Crippen LogP contribution is 2.38. The van der Waals surface area contributed by atoms with Crippen molar-refractivity contribution in [3.63, 3.8) is 0 Å². The second-order valence-electron chi connectivity index (χ2n) is 21.1. The van der Waals surface area contributed by atoms with Crippen LogP contribution in [-0.4, -0.2) is 368 Å². The van der Waals surface area contributed by atoms with Gasteiger partial charge < -0.3 is 174 Å². The summed E-state index contributed by atoms with van der Waals surface area (Å²) in [6.45, 7) is -2.78. The average Bonchev–Trinajstić information content (AvgIpc) is 3.58. The lowest BCUT2D eigenvalue weighted by Gasteiger charge is -2.51. The minimum Gasteiger partial charge on any atom is -0.394 e. The predicted octanol–water partition coefficient (Wildman–Crippen LogP) is -15.0. The zero-order valence-electron chi connectivity index (χ0n) is 44.5. The zero-order chi connectivity index (χ0) is 61.2. The summed E-state index contributed by atoms with van der Waals surface area (Å²) in [6.07, 6.45) is -64.2. The molecule has 7 fully saturated rings. The van der Waals surface area contributed by atoms with E-state index in [4.69, 9.17) is 61.6 Å². The molecule has 7 rings (SSSR count). The van der Waals surface area contributed by atoms with Gasteiger partial charge in [0.1, 0.15) is 165 Å². The van der Waals surface area contributed by atoms with Gasteiger partial charge in [0.05, 0.1) is 45.7 Å². The third-order valence-electron chi connectivity index (χ3n) is 15.3. The van der Waals surface area contributed by atoms with Crippen LogP contribution in [0, 0.1) is 0 Å². The maximum absolute atomic E-state index is 13.1. The molecule has 0 aromatic carbocycles. The molecular formula is C46H78N2O35. The SMILES string of the molecule is CC(=O)N[C@H]1[C@H](OC[C@H]2O[C@@H](O[C@H]3[C@H](O)[C@@H](O)C(O)O[C@@H]3CO)[C@H](O)[C@@H](O[C@@H]3O[C@H](CO)[C@@H](O)[C@H](O[C@@H]4O[C@H](CO)[C@H](O)[C@H](O)[C@H]4O)[C@H]3NC(C)=O)[C@H]2O)O[C@H](CO)[C@@H](O[C@@H]2O[C@H](CO)[C@H](O)[C@H](O)[C@H]2O)[C@@H]1O[C@@H]1O[C@@H](C)[C@@H](O)[C@@H](O)[C@@H]1O. The van der Waals surface area contributed by atoms with Crippen LogP contribution in [0.1, 0.15) is 20.8 Å². The summed E-state index contributed by atoms with van der Waals surface area (Å²) < 4.78 is 76.1. The molecule has 0 aromatic heterocycles. The quantitative estimate of drug-likeness (QED) is 0.0538. The van der Waals surface area contributed by atoms with Crippen LogP contribution in [0.2, 0.25) is 0 Å². The van der Waals surface area contributed by atoms with Gasteiger partial charge in [-0.3, -0.25) is 9.59 Å². The molecule has 0 spiro atoms. The number of ether oxygens (including phenoxy) is 13. The number of carbonyl (C=O) groups is 2. The molecule has 7 aliphatic heterocycles. The normalized spacial score (nSPS) is 50.8. The Balaban J connectivity index is 1.24. The van der Waals surface area contributed by atoms with Gasteiger partial charge in [0, 0.05) is 13.8 Å². The van der Waals surface area contributed by atoms with Crippen molar-refractivity contribution in [1.82, 2.24) is 10.6 Å². The third kappa shape index (κ3) is 14.7. The summed E-state index contributed by atoms with van der Waals surface area (Å²) in [5, 5.41) is 220. The number of rotatable bonds is 20. The molecule has 7 saturated heterocycles. The minimum atomic E-state index is -2.34. The van der Waals surface area contributed by atoms with Gasteiger partial charge in [0.2, 0.25) is 11.8 Å². The van der Waals surface area contributed by atoms with Crippen molar-refractivity contribution in [2.45, 2.75) is 236 Å². The first-order chi connectivity index (χ1) is 39.2. The van der Waals surface area contributed by atoms with Crippen molar-refractivity contribution in [2.24, 2.45) is 0 Å². The van der Waals surface area contributed by atoms with E-state index < -0.39 is 266 Å². The van der Waals surface area contributed by atoms with Gasteiger partial charge in [-0.25, -0.2) is 0 Å². The molecule has 0 bridgehead atoms. The van der Waals surface area contributed by atoms with Gasteiger partial charge in [-0.15, -0.1) is 0 Å². The molecule has 37 nitrogen and oxygen atoms in total. The maximum Gasteiger partial charge on any atom is 0.217 e. The van der Waals surface area contributed by atoms with Gasteiger partial charge in [0.15, 0.2) is 44.0 Å². The molecule has 482 valence electrons. The number of nitrogens with one attached hydrogen (secondary N) is 2. The lowest BCUT2D eigenvalue weighted by Crippen LogP contribution is -2.70. The Hall–Kier alpha value is -2.38. The fourth-order valence-electron chi connectivity index (χ4n) is 10.6. The van der Waals surface area contributed by atoms with Crippen LogP contribution in [0.3, 0.4) is 0 Å². The van der Waals surface area contributed by atoms with Crippen LogP contribution >= 0.6 is 0 Å². The molecular weight excluding hydrogens is 1140 g/mol. The molecule has 0 aromatic rings. The predicted molar refractivity (Wildman–Crippen MR) is 254 cm³/mol. The Morgan fingerprint density at radius 2 is 0.711 bits per heavy atom. The first-order valence-corrected chi connectivity index (χ1v) is 26.5. The Kier molecular flexibility index (Phi) is 24.0. The molecule has 0 aliphatic carbocycles. The van der Waals surface area contributed by atoms with Crippen molar-refractivity contribution < 1.29 is 173 Å². The number of carbonyl (C=O) groups excluding carboxylic acids is 2. The summed E-state index contributed by atoms with van der Waals surface area (Å²) in [5.74, 6) is -1.78. The van der Waals surface area contributed by atoms with Crippen molar-refractivity contribution in [2.75, 3.05) is 39.6 Å². The van der Waals surface area contributed by atoms with E-state index >= 15 is 0 Å². The molecule has 1 unspecified atom stereocenters. The van der Waals surface area contributed by atoms with Crippen LogP contribution in [0.5, 0.6) is 0 Å². The van der Waals surface area contributed by atoms with Gasteiger partial charge in [-0.05, 0) is 6.92 Å². The van der Waals surface area contributed by atoms with E-state index in [1.807, 2.05) is 0 Å². The molecule has 35 atom stereocenters. The second kappa shape index (κ2) is 29.3. The molecule has 0 radical (unpaired) electrons. The molecule has 0 saturated carbocycles. The Labute approximate surface area is 470 Å². The summed E-state index contributed by atoms with van der Waals surface area (Å²) in [6, 6.07) is -3.63. The van der Waals surface area contributed by atoms with Crippen LogP contribution in [0.4, 0.5) is 0 Å². The summed E-state index contributed by atoms with van der Waals surface area (Å²) in [7, 11) is 0. The number of hydrogen-bond donors (Lipinski definition) is 22. The number of amides is 2. The Morgan fingerprint density at radius 1 is 0.337 bits per heavy atom. The van der Waals surface area contributed by atoms with E-state index in [-0.39, 0.29) is 0 Å². The van der Waals surface area contributed by atoms with Crippen LogP contribution in [-0.2, 0) is 71.2 Å². The molecule has 7 aliphatic rings. The largest absolute Gasteiger partial charge is 0.394 e. The van der Waals surface area contributed by atoms with Crippen LogP contribution in [0.15, 0.2) is 0 Å². The molecule has 37 heteroatoms. The highest BCUT2D eigenvalue weighted by atomic mass is 16.8. The topological polar surface area (TPSA) is 583 Å². The van der Waals surface area contributed by atoms with Crippen molar-refractivity contribution in [1.29, 1.82) is 0 Å². The maximum atomic E-state index is 13.1. The standard InChI is InChI=1S/C46H78N2O35/c1-10-21(56)26(61)31(66)43(72-10)82-38-20(48-12(3)55)41(77-17(8-53)36(38)80-44-32(67)27(62)22(57)13(4-49)75-44)71-9-18-25(60)39(34(69)46(78-18)79-35-16(7-52)73-40(70)30(65)29(35)64)83-42-19(47-11(2)54)37(24(59)15(6-51)74-42)81-45-33(68)28(63)23(58)14(5-50)76-45/h10,13-46,49-53,56-70H,4-9H2,1-3H3,(H,47,54)(H,48,55)/t10-,13+,14+,15+,16+,17+,18+,19+,20+,21+,22-,23-,24+,25-,26+,27-,28-,29+,30+,31-,32+,33+,34+,35+,36+,37+,38+,39-,40?,41+,42-,43-,44-,45-,46-/m0/s1. The average molecular weight is 1220 g/mol. The lowest BCUT2D eigenvalue weighted by molar-refractivity contribution is -0.387. The van der Waals surface area contributed by atoms with Crippen molar-refractivity contribution >= 4 is 11.8 Å². The second-order valence-corrected chi connectivity index (χ2v) is 21.1. The van der Waals surface area contributed by atoms with Crippen molar-refractivity contribution in [3.05, 3.63) is 0 Å². The summed E-state index contributed by atoms with van der Waals surface area (Å²) >= 11 is 0. The van der Waals surface area contributed by atoms with E-state index in [2.05, 4.69) is 10.6 Å². The van der Waals surface area contributed by atoms with E-state index in [9.17, 15) is 112 Å². The lowest BCUT2D eigenvalue weighted by atomic mass is 9.94. The minimum absolute atomic E-state index is 0.886. The van der Waals surface area contributed by atoms with E-state index in [1.165, 1.54) is 6.92 Å². The van der Waals surface area contributed by atoms with Gasteiger partial charge in [-0.2, -0.15) is 0 Å². The fraction of sp³-hybridized carbons (Fsp3) is 0.957. The summed E-state index contributed by atoms with van der Waals surface area (Å²) in [4.78, 5) is 25.9. The van der Waals surface area contributed by atoms with Gasteiger partial charge in [0.25, 0.3) is 0 Å². The molecule has 7 heterocycles. The highest BCUT2D eigenvalue weighted by molar-refractivity contribution is 5.73. The van der Waals surface area contributed by atoms with E-state index in [0.717, 1.165) is 13.8 Å². The number of aliphatic hydroxyl groups excluding tert-OH is 20. The zero-order valence-corrected chi connectivity index (χ0v) is 44.5. The number of hydrogen-bond acceptors (Lipinski definition) is 35. The first-order valence-electron chi connectivity index (χ1n) is 26.5. The van der Waals surface area contributed by atoms with E-state index in [1.54, 1.807) is 0 Å². The van der Waals surface area contributed by atoms with Crippen LogP contribution < -0.4 is 10.6 Å². The van der Waals surface area contributed by atoms with Gasteiger partial charge in [-0.1, -0.05) is 0 Å². The first kappa shape index (κ1) is 68.1. The highest BCUT2D eigenvalue weighted by Gasteiger charge is 2.59. The smallest absolute Gasteiger partial charge is 0.217 e. The third-order valence-corrected chi connectivity index (χ3v) is 15.3. The number of aliphatic hydroxyl groups is 20. The summed E-state index contributed by atoms with van der Waals surface area (Å²) in [5.41, 5.74) is 0. The monoisotopic (exact) mass is 1220 g/mol. The molecule has 83 heavy (non-hydrogen) atoms. The van der Waals surface area contributed by atoms with E-state index in [0.29, 0.717) is 0 Å². The fourth-order valence-corrected chi connectivity index (χ4v) is 10.6. The molecule has 2 amide bonds. The Bertz CT molecular complexity index is 2040. The van der Waals surface area contributed by atoms with Crippen molar-refractivity contribution in [3.8, 4) is 0 Å². The Morgan fingerprint density at radius 3 is 1.23 bits per heavy atom. The van der Waals surface area contributed by atoms with Gasteiger partial charge >= 0.3 is 0 Å². The molecule has 22 N–H and O–H groups in total.